The molecule has 0 aliphatic carbocycles. The Morgan fingerprint density at radius 1 is 1.48 bits per heavy atom. The van der Waals surface area contributed by atoms with Gasteiger partial charge >= 0.3 is 12.0 Å². The highest BCUT2D eigenvalue weighted by atomic mass is 35.5. The molecule has 1 aliphatic rings. The number of hydrogen-bond donors (Lipinski definition) is 2. The quantitative estimate of drug-likeness (QED) is 0.495. The predicted octanol–water partition coefficient (Wildman–Crippen LogP) is 1.11. The number of urea groups is 1. The van der Waals surface area contributed by atoms with Crippen LogP contribution in [0.3, 0.4) is 0 Å². The van der Waals surface area contributed by atoms with E-state index in [0.717, 1.165) is 12.0 Å². The van der Waals surface area contributed by atoms with Crippen LogP contribution in [0.4, 0.5) is 4.79 Å². The number of nitrogens with zero attached hydrogens (tertiary/aromatic N) is 1. The lowest BCUT2D eigenvalue weighted by Crippen LogP contribution is -2.36. The van der Waals surface area contributed by atoms with Gasteiger partial charge < -0.3 is 15.2 Å². The standard InChI is InChI=1S/C13H11ClN2O5/c1-21-11(18)6-16-12(19)9(15-13(16)20)5-7-2-3-10(17)8(14)4-7/h2-5,17H,6H2,1H3,(H,15,20). The van der Waals surface area contributed by atoms with Gasteiger partial charge in [0, 0.05) is 0 Å². The van der Waals surface area contributed by atoms with E-state index in [0.29, 0.717) is 5.56 Å². The summed E-state index contributed by atoms with van der Waals surface area (Å²) in [4.78, 5) is 35.5. The van der Waals surface area contributed by atoms with Gasteiger partial charge in [-0.3, -0.25) is 9.59 Å². The highest BCUT2D eigenvalue weighted by Gasteiger charge is 2.35. The van der Waals surface area contributed by atoms with Gasteiger partial charge in [-0.1, -0.05) is 17.7 Å². The van der Waals surface area contributed by atoms with Crippen LogP contribution in [0.25, 0.3) is 6.08 Å². The van der Waals surface area contributed by atoms with Gasteiger partial charge in [-0.05, 0) is 23.8 Å². The number of phenolic OH excluding ortho intramolecular Hbond substituents is 1. The van der Waals surface area contributed by atoms with Crippen LogP contribution >= 0.6 is 11.6 Å². The lowest BCUT2D eigenvalue weighted by Gasteiger charge is -2.09. The van der Waals surface area contributed by atoms with Crippen LogP contribution in [0.1, 0.15) is 5.56 Å². The van der Waals surface area contributed by atoms with Crippen molar-refractivity contribution in [2.24, 2.45) is 0 Å². The summed E-state index contributed by atoms with van der Waals surface area (Å²) < 4.78 is 4.41. The number of amides is 3. The summed E-state index contributed by atoms with van der Waals surface area (Å²) in [6.45, 7) is -0.463. The molecule has 0 radical (unpaired) electrons. The third-order valence-electron chi connectivity index (χ3n) is 2.76. The second-order valence-corrected chi connectivity index (χ2v) is 4.57. The first-order valence-electron chi connectivity index (χ1n) is 5.82. The van der Waals surface area contributed by atoms with Crippen molar-refractivity contribution in [2.45, 2.75) is 0 Å². The maximum atomic E-state index is 12.0. The Morgan fingerprint density at radius 3 is 2.81 bits per heavy atom. The number of esters is 1. The van der Waals surface area contributed by atoms with E-state index in [-0.39, 0.29) is 16.5 Å². The van der Waals surface area contributed by atoms with Crippen molar-refractivity contribution in [3.05, 3.63) is 34.5 Å². The number of aromatic hydroxyl groups is 1. The van der Waals surface area contributed by atoms with Gasteiger partial charge in [0.15, 0.2) is 0 Å². The van der Waals surface area contributed by atoms with Crippen LogP contribution in [0.2, 0.25) is 5.02 Å². The van der Waals surface area contributed by atoms with E-state index in [1.54, 1.807) is 0 Å². The molecular weight excluding hydrogens is 300 g/mol. The van der Waals surface area contributed by atoms with Crippen LogP contribution < -0.4 is 5.32 Å². The van der Waals surface area contributed by atoms with Crippen LogP contribution in [0, 0.1) is 0 Å². The summed E-state index contributed by atoms with van der Waals surface area (Å²) >= 11 is 5.76. The summed E-state index contributed by atoms with van der Waals surface area (Å²) in [6, 6.07) is 3.62. The fourth-order valence-electron chi connectivity index (χ4n) is 1.69. The first-order valence-corrected chi connectivity index (χ1v) is 6.20. The Kier molecular flexibility index (Phi) is 4.13. The van der Waals surface area contributed by atoms with E-state index in [1.165, 1.54) is 24.3 Å². The predicted molar refractivity (Wildman–Crippen MR) is 73.4 cm³/mol. The summed E-state index contributed by atoms with van der Waals surface area (Å²) in [5.41, 5.74) is 0.520. The number of benzene rings is 1. The molecule has 1 fully saturated rings. The number of ether oxygens (including phenoxy) is 1. The highest BCUT2D eigenvalue weighted by Crippen LogP contribution is 2.25. The fraction of sp³-hybridized carbons (Fsp3) is 0.154. The Balaban J connectivity index is 2.23. The molecule has 110 valence electrons. The zero-order valence-corrected chi connectivity index (χ0v) is 11.7. The van der Waals surface area contributed by atoms with Crippen molar-refractivity contribution < 1.29 is 24.2 Å². The monoisotopic (exact) mass is 310 g/mol. The molecule has 1 aromatic rings. The average molecular weight is 311 g/mol. The molecule has 0 atom stereocenters. The third-order valence-corrected chi connectivity index (χ3v) is 3.06. The zero-order valence-electron chi connectivity index (χ0n) is 10.9. The topological polar surface area (TPSA) is 95.9 Å². The van der Waals surface area contributed by atoms with Gasteiger partial charge in [-0.25, -0.2) is 9.69 Å². The van der Waals surface area contributed by atoms with Gasteiger partial charge in [0.1, 0.15) is 18.0 Å². The normalized spacial score (nSPS) is 16.3. The van der Waals surface area contributed by atoms with E-state index < -0.39 is 24.5 Å². The number of methoxy groups -OCH3 is 1. The summed E-state index contributed by atoms with van der Waals surface area (Å²) in [7, 11) is 1.16. The number of phenols is 1. The lowest BCUT2D eigenvalue weighted by atomic mass is 10.2. The van der Waals surface area contributed by atoms with Crippen LogP contribution in [0.15, 0.2) is 23.9 Å². The third kappa shape index (κ3) is 3.14. The largest absolute Gasteiger partial charge is 0.506 e. The minimum atomic E-state index is -0.707. The second-order valence-electron chi connectivity index (χ2n) is 4.17. The Hall–Kier alpha value is -2.54. The van der Waals surface area contributed by atoms with Crippen LogP contribution in [-0.2, 0) is 14.3 Å². The molecule has 1 saturated heterocycles. The molecule has 0 bridgehead atoms. The van der Waals surface area contributed by atoms with Crippen molar-refractivity contribution in [3.8, 4) is 5.75 Å². The Labute approximate surface area is 124 Å². The molecule has 3 amide bonds. The minimum Gasteiger partial charge on any atom is -0.506 e. The second kappa shape index (κ2) is 5.84. The Bertz CT molecular complexity index is 656. The molecule has 0 saturated carbocycles. The number of carbonyl (C=O) groups is 3. The molecule has 21 heavy (non-hydrogen) atoms. The maximum Gasteiger partial charge on any atom is 0.329 e. The Morgan fingerprint density at radius 2 is 2.19 bits per heavy atom. The molecule has 0 spiro atoms. The van der Waals surface area contributed by atoms with Gasteiger partial charge in [0.2, 0.25) is 0 Å². The number of nitrogens with one attached hydrogen (secondary N) is 1. The number of carbonyl (C=O) groups excluding carboxylic acids is 3. The van der Waals surface area contributed by atoms with Gasteiger partial charge in [-0.2, -0.15) is 0 Å². The van der Waals surface area contributed by atoms with E-state index in [2.05, 4.69) is 10.1 Å². The molecule has 0 aromatic heterocycles. The average Bonchev–Trinajstić information content (AvgIpc) is 2.70. The molecule has 0 unspecified atom stereocenters. The van der Waals surface area contributed by atoms with E-state index >= 15 is 0 Å². The highest BCUT2D eigenvalue weighted by molar-refractivity contribution is 6.32. The SMILES string of the molecule is COC(=O)CN1C(=O)NC(=Cc2ccc(O)c(Cl)c2)C1=O. The summed E-state index contributed by atoms with van der Waals surface area (Å²) in [5.74, 6) is -1.44. The summed E-state index contributed by atoms with van der Waals surface area (Å²) in [5, 5.41) is 11.8. The van der Waals surface area contributed by atoms with Gasteiger partial charge in [-0.15, -0.1) is 0 Å². The first-order chi connectivity index (χ1) is 9.92. The van der Waals surface area contributed by atoms with Crippen molar-refractivity contribution in [1.29, 1.82) is 0 Å². The molecule has 8 heteroatoms. The maximum absolute atomic E-state index is 12.0. The van der Waals surface area contributed by atoms with Crippen LogP contribution in [-0.4, -0.2) is 41.6 Å². The van der Waals surface area contributed by atoms with E-state index in [1.807, 2.05) is 0 Å². The molecule has 2 N–H and O–H groups in total. The van der Waals surface area contributed by atoms with Crippen LogP contribution in [0.5, 0.6) is 5.75 Å². The number of rotatable bonds is 3. The molecule has 1 aromatic carbocycles. The first kappa shape index (κ1) is 14.9. The summed E-state index contributed by atoms with van der Waals surface area (Å²) in [6.07, 6.45) is 1.39. The zero-order chi connectivity index (χ0) is 15.6. The van der Waals surface area contributed by atoms with E-state index in [9.17, 15) is 19.5 Å². The lowest BCUT2D eigenvalue weighted by molar-refractivity contribution is -0.143. The smallest absolute Gasteiger partial charge is 0.329 e. The van der Waals surface area contributed by atoms with E-state index in [4.69, 9.17) is 11.6 Å². The molecule has 7 nitrogen and oxygen atoms in total. The molecule has 1 heterocycles. The van der Waals surface area contributed by atoms with Gasteiger partial charge in [0.25, 0.3) is 5.91 Å². The number of imide groups is 1. The van der Waals surface area contributed by atoms with Crippen molar-refractivity contribution in [3.63, 3.8) is 0 Å². The fourth-order valence-corrected chi connectivity index (χ4v) is 1.88. The number of halogens is 1. The van der Waals surface area contributed by atoms with Gasteiger partial charge in [0.05, 0.1) is 12.1 Å². The number of hydrogen-bond acceptors (Lipinski definition) is 5. The minimum absolute atomic E-state index is 0.00524. The molecule has 1 aliphatic heterocycles. The van der Waals surface area contributed by atoms with Crippen molar-refractivity contribution in [2.75, 3.05) is 13.7 Å². The van der Waals surface area contributed by atoms with Crippen molar-refractivity contribution in [1.82, 2.24) is 10.2 Å². The van der Waals surface area contributed by atoms with Crippen molar-refractivity contribution >= 4 is 35.6 Å². The molecule has 2 rings (SSSR count). The molecular formula is C13H11ClN2O5.